The summed E-state index contributed by atoms with van der Waals surface area (Å²) in [5.41, 5.74) is 1.77. The van der Waals surface area contributed by atoms with Crippen molar-refractivity contribution in [3.63, 3.8) is 0 Å². The molecule has 0 unspecified atom stereocenters. The lowest BCUT2D eigenvalue weighted by molar-refractivity contribution is -0.133. The molecule has 0 saturated carbocycles. The first kappa shape index (κ1) is 22.3. The smallest absolute Gasteiger partial charge is 0.359 e. The van der Waals surface area contributed by atoms with Gasteiger partial charge in [0, 0.05) is 13.1 Å². The van der Waals surface area contributed by atoms with Crippen molar-refractivity contribution in [2.75, 3.05) is 7.11 Å². The van der Waals surface area contributed by atoms with E-state index in [1.165, 1.54) is 18.3 Å². The van der Waals surface area contributed by atoms with Gasteiger partial charge in [-0.2, -0.15) is 0 Å². The van der Waals surface area contributed by atoms with Crippen LogP contribution in [0.1, 0.15) is 44.6 Å². The van der Waals surface area contributed by atoms with Crippen molar-refractivity contribution in [1.82, 2.24) is 19.8 Å². The quantitative estimate of drug-likeness (QED) is 0.588. The summed E-state index contributed by atoms with van der Waals surface area (Å²) in [6, 6.07) is 17.3. The largest absolute Gasteiger partial charge is 0.464 e. The Morgan fingerprint density at radius 2 is 1.85 bits per heavy atom. The number of aromatic nitrogens is 2. The molecule has 4 rings (SSSR count). The molecule has 0 saturated heterocycles. The van der Waals surface area contributed by atoms with Crippen LogP contribution < -0.4 is 5.32 Å². The molecule has 2 heterocycles. The first-order valence-corrected chi connectivity index (χ1v) is 10.7. The van der Waals surface area contributed by atoms with Crippen molar-refractivity contribution in [2.45, 2.75) is 39.0 Å². The first-order chi connectivity index (χ1) is 15.8. The van der Waals surface area contributed by atoms with Gasteiger partial charge in [0.1, 0.15) is 11.2 Å². The zero-order chi connectivity index (χ0) is 23.6. The summed E-state index contributed by atoms with van der Waals surface area (Å²) in [6.07, 6.45) is 1.41. The summed E-state index contributed by atoms with van der Waals surface area (Å²) < 4.78 is 6.36. The third kappa shape index (κ3) is 4.24. The predicted molar refractivity (Wildman–Crippen MR) is 121 cm³/mol. The summed E-state index contributed by atoms with van der Waals surface area (Å²) in [7, 11) is 1.24. The number of amides is 2. The molecular weight excluding hydrogens is 420 g/mol. The van der Waals surface area contributed by atoms with Crippen LogP contribution >= 0.6 is 0 Å². The number of carbonyl (C=O) groups is 3. The van der Waals surface area contributed by atoms with Crippen molar-refractivity contribution in [3.05, 3.63) is 89.0 Å². The van der Waals surface area contributed by atoms with E-state index >= 15 is 0 Å². The number of nitrogens with zero attached hydrogens (tertiary/aromatic N) is 3. The van der Waals surface area contributed by atoms with E-state index in [0.717, 1.165) is 16.7 Å². The van der Waals surface area contributed by atoms with Crippen LogP contribution in [0.15, 0.2) is 60.9 Å². The van der Waals surface area contributed by atoms with E-state index in [1.54, 1.807) is 11.5 Å². The Hall–Kier alpha value is -3.94. The Kier molecular flexibility index (Phi) is 6.00. The Labute approximate surface area is 192 Å². The second-order valence-electron chi connectivity index (χ2n) is 8.38. The lowest BCUT2D eigenvalue weighted by Gasteiger charge is -2.43. The molecule has 1 aromatic heterocycles. The fourth-order valence-electron chi connectivity index (χ4n) is 4.14. The zero-order valence-electron chi connectivity index (χ0n) is 18.9. The number of methoxy groups -OCH3 is 1. The van der Waals surface area contributed by atoms with Gasteiger partial charge in [0.15, 0.2) is 5.69 Å². The fraction of sp³-hybridized carbons (Fsp3) is 0.280. The highest BCUT2D eigenvalue weighted by Gasteiger charge is 2.48. The molecule has 0 bridgehead atoms. The third-order valence-corrected chi connectivity index (χ3v) is 5.95. The molecule has 1 aliphatic heterocycles. The van der Waals surface area contributed by atoms with Crippen LogP contribution in [0.25, 0.3) is 0 Å². The van der Waals surface area contributed by atoms with Crippen molar-refractivity contribution < 1.29 is 19.1 Å². The Morgan fingerprint density at radius 3 is 2.55 bits per heavy atom. The Balaban J connectivity index is 1.70. The number of rotatable bonds is 6. The van der Waals surface area contributed by atoms with Crippen LogP contribution in [-0.4, -0.2) is 44.9 Å². The molecular formula is C25H26N4O4. The number of esters is 1. The van der Waals surface area contributed by atoms with Gasteiger partial charge in [-0.3, -0.25) is 9.59 Å². The van der Waals surface area contributed by atoms with Gasteiger partial charge in [0.2, 0.25) is 5.91 Å². The highest BCUT2D eigenvalue weighted by Crippen LogP contribution is 2.31. The lowest BCUT2D eigenvalue weighted by atomic mass is 9.93. The molecule has 170 valence electrons. The van der Waals surface area contributed by atoms with E-state index in [-0.39, 0.29) is 30.4 Å². The minimum absolute atomic E-state index is 0.0523. The highest BCUT2D eigenvalue weighted by atomic mass is 16.5. The molecule has 0 radical (unpaired) electrons. The second-order valence-corrected chi connectivity index (χ2v) is 8.38. The molecule has 2 aromatic carbocycles. The van der Waals surface area contributed by atoms with Gasteiger partial charge in [-0.05, 0) is 25.0 Å². The average molecular weight is 447 g/mol. The Morgan fingerprint density at radius 1 is 1.12 bits per heavy atom. The maximum absolute atomic E-state index is 13.7. The molecule has 3 aromatic rings. The van der Waals surface area contributed by atoms with Crippen LogP contribution in [0.3, 0.4) is 0 Å². The molecule has 8 nitrogen and oxygen atoms in total. The summed E-state index contributed by atoms with van der Waals surface area (Å²) in [5, 5.41) is 2.97. The molecule has 0 fully saturated rings. The van der Waals surface area contributed by atoms with Crippen LogP contribution in [0.2, 0.25) is 0 Å². The molecule has 1 atom stereocenters. The molecule has 2 amide bonds. The standard InChI is InChI=1S/C25H26N4O4/c1-17-8-7-11-19(12-17)14-29-22(30)21-20(23(31)33-3)27-16-28(21)15-25(29,2)24(32)26-13-18-9-5-4-6-10-18/h4-12,16H,13-15H2,1-3H3,(H,26,32)/t25-/m1/s1. The van der Waals surface area contributed by atoms with E-state index in [2.05, 4.69) is 10.3 Å². The number of hydrogen-bond donors (Lipinski definition) is 1. The molecule has 1 aliphatic rings. The van der Waals surface area contributed by atoms with Crippen molar-refractivity contribution in [2.24, 2.45) is 0 Å². The summed E-state index contributed by atoms with van der Waals surface area (Å²) in [6.45, 7) is 4.41. The average Bonchev–Trinajstić information content (AvgIpc) is 3.24. The number of nitrogens with one attached hydrogen (secondary N) is 1. The van der Waals surface area contributed by atoms with Crippen molar-refractivity contribution in [3.8, 4) is 0 Å². The Bertz CT molecular complexity index is 1200. The van der Waals surface area contributed by atoms with E-state index in [1.807, 2.05) is 61.5 Å². The summed E-state index contributed by atoms with van der Waals surface area (Å²) in [5.74, 6) is -1.42. The number of ether oxygens (including phenoxy) is 1. The van der Waals surface area contributed by atoms with Crippen LogP contribution in [0, 0.1) is 6.92 Å². The second kappa shape index (κ2) is 8.90. The molecule has 33 heavy (non-hydrogen) atoms. The van der Waals surface area contributed by atoms with E-state index in [9.17, 15) is 14.4 Å². The number of benzene rings is 2. The minimum Gasteiger partial charge on any atom is -0.464 e. The number of hydrogen-bond acceptors (Lipinski definition) is 5. The number of imidazole rings is 1. The summed E-state index contributed by atoms with van der Waals surface area (Å²) >= 11 is 0. The summed E-state index contributed by atoms with van der Waals surface area (Å²) in [4.78, 5) is 45.0. The molecule has 8 heteroatoms. The number of fused-ring (bicyclic) bond motifs is 1. The number of carbonyl (C=O) groups excluding carboxylic acids is 3. The van der Waals surface area contributed by atoms with Gasteiger partial charge < -0.3 is 19.5 Å². The SMILES string of the molecule is COC(=O)c1ncn2c1C(=O)N(Cc1cccc(C)c1)[C@@](C)(C(=O)NCc1ccccc1)C2. The topological polar surface area (TPSA) is 93.5 Å². The minimum atomic E-state index is -1.20. The molecule has 0 spiro atoms. The third-order valence-electron chi connectivity index (χ3n) is 5.95. The van der Waals surface area contributed by atoms with E-state index in [4.69, 9.17) is 4.74 Å². The van der Waals surface area contributed by atoms with Crippen LogP contribution in [-0.2, 0) is 29.2 Å². The highest BCUT2D eigenvalue weighted by molar-refractivity contribution is 6.06. The molecule has 1 N–H and O–H groups in total. The zero-order valence-corrected chi connectivity index (χ0v) is 18.9. The van der Waals surface area contributed by atoms with Crippen LogP contribution in [0.5, 0.6) is 0 Å². The predicted octanol–water partition coefficient (Wildman–Crippen LogP) is 2.71. The fourth-order valence-corrected chi connectivity index (χ4v) is 4.14. The number of aryl methyl sites for hydroxylation is 1. The van der Waals surface area contributed by atoms with Crippen molar-refractivity contribution in [1.29, 1.82) is 0 Å². The van der Waals surface area contributed by atoms with Gasteiger partial charge in [0.05, 0.1) is 20.0 Å². The van der Waals surface area contributed by atoms with E-state index in [0.29, 0.717) is 6.54 Å². The van der Waals surface area contributed by atoms with Gasteiger partial charge >= 0.3 is 5.97 Å². The van der Waals surface area contributed by atoms with Gasteiger partial charge in [-0.25, -0.2) is 9.78 Å². The maximum Gasteiger partial charge on any atom is 0.359 e. The van der Waals surface area contributed by atoms with E-state index < -0.39 is 17.4 Å². The van der Waals surface area contributed by atoms with Gasteiger partial charge in [0.25, 0.3) is 5.91 Å². The van der Waals surface area contributed by atoms with Crippen LogP contribution in [0.4, 0.5) is 0 Å². The van der Waals surface area contributed by atoms with Gasteiger partial charge in [-0.15, -0.1) is 0 Å². The normalized spacial score (nSPS) is 17.4. The first-order valence-electron chi connectivity index (χ1n) is 10.7. The van der Waals surface area contributed by atoms with Crippen molar-refractivity contribution >= 4 is 17.8 Å². The monoisotopic (exact) mass is 446 g/mol. The maximum atomic E-state index is 13.7. The lowest BCUT2D eigenvalue weighted by Crippen LogP contribution is -2.63. The van der Waals surface area contributed by atoms with Gasteiger partial charge in [-0.1, -0.05) is 60.2 Å². The molecule has 0 aliphatic carbocycles.